The highest BCUT2D eigenvalue weighted by Gasteiger charge is 2.29. The first-order valence-corrected chi connectivity index (χ1v) is 4.11. The predicted octanol–water partition coefficient (Wildman–Crippen LogP) is 3.74. The summed E-state index contributed by atoms with van der Waals surface area (Å²) in [4.78, 5) is 0. The van der Waals surface area contributed by atoms with Crippen LogP contribution in [0.5, 0.6) is 0 Å². The molecule has 1 aromatic rings. The molecule has 0 aliphatic carbocycles. The Bertz CT molecular complexity index is 394. The molecular weight excluding hydrogens is 241 g/mol. The Kier molecular flexibility index (Phi) is 3.44. The second kappa shape index (κ2) is 4.31. The van der Waals surface area contributed by atoms with E-state index in [9.17, 15) is 30.7 Å². The molecule has 90 valence electrons. The molecule has 0 spiro atoms. The van der Waals surface area contributed by atoms with Crippen molar-refractivity contribution in [3.63, 3.8) is 0 Å². The van der Waals surface area contributed by atoms with Crippen LogP contribution in [0.3, 0.4) is 0 Å². The van der Waals surface area contributed by atoms with Gasteiger partial charge in [-0.15, -0.1) is 0 Å². The first-order chi connectivity index (χ1) is 7.22. The Morgan fingerprint density at radius 3 is 1.94 bits per heavy atom. The fraction of sp³-hybridized carbons (Fsp3) is 0.333. The number of hydrogen-bond donors (Lipinski definition) is 0. The average Bonchev–Trinajstić information content (AvgIpc) is 2.12. The summed E-state index contributed by atoms with van der Waals surface area (Å²) >= 11 is 0. The van der Waals surface area contributed by atoms with Crippen molar-refractivity contribution in [1.29, 1.82) is 0 Å². The van der Waals surface area contributed by atoms with Gasteiger partial charge in [-0.25, -0.2) is 17.6 Å². The summed E-state index contributed by atoms with van der Waals surface area (Å²) in [5.41, 5.74) is -1.10. The quantitative estimate of drug-likeness (QED) is 0.423. The Morgan fingerprint density at radius 1 is 0.875 bits per heavy atom. The van der Waals surface area contributed by atoms with Crippen LogP contribution < -0.4 is 0 Å². The Morgan fingerprint density at radius 2 is 1.44 bits per heavy atom. The molecule has 0 aliphatic rings. The zero-order chi connectivity index (χ0) is 12.5. The molecule has 0 aromatic heterocycles. The summed E-state index contributed by atoms with van der Waals surface area (Å²) in [6, 6.07) is 0.0180. The number of rotatable bonds is 2. The zero-order valence-corrected chi connectivity index (χ0v) is 7.64. The normalized spacial score (nSPS) is 11.9. The maximum Gasteiger partial charge on any atom is 0.389 e. The van der Waals surface area contributed by atoms with Crippen LogP contribution >= 0.6 is 0 Å². The van der Waals surface area contributed by atoms with Crippen LogP contribution in [0.1, 0.15) is 12.0 Å². The minimum Gasteiger partial charge on any atom is -0.206 e. The fourth-order valence-electron chi connectivity index (χ4n) is 1.10. The lowest BCUT2D eigenvalue weighted by Gasteiger charge is -2.08. The molecule has 0 radical (unpaired) electrons. The fourth-order valence-corrected chi connectivity index (χ4v) is 1.10. The molecule has 0 nitrogen and oxygen atoms in total. The van der Waals surface area contributed by atoms with Gasteiger partial charge in [-0.2, -0.15) is 13.2 Å². The van der Waals surface area contributed by atoms with Crippen LogP contribution in [0.15, 0.2) is 6.07 Å². The van der Waals surface area contributed by atoms with Gasteiger partial charge in [0.15, 0.2) is 17.5 Å². The van der Waals surface area contributed by atoms with Gasteiger partial charge in [0.2, 0.25) is 0 Å². The molecule has 7 heteroatoms. The van der Waals surface area contributed by atoms with Crippen molar-refractivity contribution in [3.8, 4) is 0 Å². The van der Waals surface area contributed by atoms with Crippen molar-refractivity contribution in [2.45, 2.75) is 19.0 Å². The standard InChI is InChI=1S/C9H5F7/c10-5-3-6(11)8(13)7(12)4(5)1-2-9(14,15)16/h3H,1-2H2. The molecular formula is C9H5F7. The van der Waals surface area contributed by atoms with E-state index in [1.165, 1.54) is 0 Å². The summed E-state index contributed by atoms with van der Waals surface area (Å²) < 4.78 is 86.1. The first kappa shape index (κ1) is 12.8. The van der Waals surface area contributed by atoms with Crippen LogP contribution in [-0.4, -0.2) is 6.18 Å². The van der Waals surface area contributed by atoms with Gasteiger partial charge in [-0.1, -0.05) is 0 Å². The molecule has 1 aromatic carbocycles. The molecule has 16 heavy (non-hydrogen) atoms. The Hall–Kier alpha value is -1.27. The van der Waals surface area contributed by atoms with Gasteiger partial charge < -0.3 is 0 Å². The van der Waals surface area contributed by atoms with Gasteiger partial charge in [0, 0.05) is 18.1 Å². The van der Waals surface area contributed by atoms with Crippen molar-refractivity contribution in [3.05, 3.63) is 34.9 Å². The molecule has 0 fully saturated rings. The third kappa shape index (κ3) is 2.86. The molecule has 0 saturated carbocycles. The van der Waals surface area contributed by atoms with Crippen molar-refractivity contribution >= 4 is 0 Å². The van der Waals surface area contributed by atoms with Crippen LogP contribution in [0.25, 0.3) is 0 Å². The number of benzene rings is 1. The molecule has 0 amide bonds. The third-order valence-electron chi connectivity index (χ3n) is 1.87. The predicted molar refractivity (Wildman–Crippen MR) is 40.7 cm³/mol. The highest BCUT2D eigenvalue weighted by molar-refractivity contribution is 5.22. The minimum atomic E-state index is -4.62. The number of alkyl halides is 3. The van der Waals surface area contributed by atoms with E-state index >= 15 is 0 Å². The third-order valence-corrected chi connectivity index (χ3v) is 1.87. The highest BCUT2D eigenvalue weighted by Crippen LogP contribution is 2.26. The number of hydrogen-bond acceptors (Lipinski definition) is 0. The van der Waals surface area contributed by atoms with Gasteiger partial charge >= 0.3 is 6.18 Å². The lowest BCUT2D eigenvalue weighted by molar-refractivity contribution is -0.134. The molecule has 0 aliphatic heterocycles. The van der Waals surface area contributed by atoms with Gasteiger partial charge in [0.1, 0.15) is 5.82 Å². The van der Waals surface area contributed by atoms with E-state index in [1.807, 2.05) is 0 Å². The summed E-state index contributed by atoms with van der Waals surface area (Å²) in [6.07, 6.45) is -7.20. The van der Waals surface area contributed by atoms with Gasteiger partial charge in [0.25, 0.3) is 0 Å². The van der Waals surface area contributed by atoms with E-state index in [0.717, 1.165) is 0 Å². The molecule has 0 heterocycles. The lowest BCUT2D eigenvalue weighted by atomic mass is 10.1. The monoisotopic (exact) mass is 246 g/mol. The van der Waals surface area contributed by atoms with E-state index in [0.29, 0.717) is 0 Å². The van der Waals surface area contributed by atoms with Crippen molar-refractivity contribution in [2.24, 2.45) is 0 Å². The van der Waals surface area contributed by atoms with Crippen molar-refractivity contribution < 1.29 is 30.7 Å². The van der Waals surface area contributed by atoms with Crippen LogP contribution in [0, 0.1) is 23.3 Å². The summed E-state index contributed by atoms with van der Waals surface area (Å²) in [5, 5.41) is 0. The van der Waals surface area contributed by atoms with E-state index in [2.05, 4.69) is 0 Å². The van der Waals surface area contributed by atoms with Gasteiger partial charge in [0.05, 0.1) is 0 Å². The largest absolute Gasteiger partial charge is 0.389 e. The summed E-state index contributed by atoms with van der Waals surface area (Å²) in [6.45, 7) is 0. The van der Waals surface area contributed by atoms with E-state index in [1.54, 1.807) is 0 Å². The SMILES string of the molecule is Fc1cc(F)c(CCC(F)(F)F)c(F)c1F. The molecule has 0 unspecified atom stereocenters. The van der Waals surface area contributed by atoms with Crippen molar-refractivity contribution in [1.82, 2.24) is 0 Å². The Balaban J connectivity index is 3.01. The van der Waals surface area contributed by atoms with Crippen LogP contribution in [0.2, 0.25) is 0 Å². The molecule has 0 N–H and O–H groups in total. The average molecular weight is 246 g/mol. The topological polar surface area (TPSA) is 0 Å². The molecule has 1 rings (SSSR count). The Labute approximate surface area is 85.7 Å². The van der Waals surface area contributed by atoms with E-state index in [-0.39, 0.29) is 6.07 Å². The molecule has 0 atom stereocenters. The second-order valence-electron chi connectivity index (χ2n) is 3.06. The van der Waals surface area contributed by atoms with Gasteiger partial charge in [-0.05, 0) is 6.42 Å². The second-order valence-corrected chi connectivity index (χ2v) is 3.06. The van der Waals surface area contributed by atoms with E-state index < -0.39 is 47.9 Å². The van der Waals surface area contributed by atoms with Crippen LogP contribution in [0.4, 0.5) is 30.7 Å². The zero-order valence-electron chi connectivity index (χ0n) is 7.64. The highest BCUT2D eigenvalue weighted by atomic mass is 19.4. The number of halogens is 7. The van der Waals surface area contributed by atoms with Crippen LogP contribution in [-0.2, 0) is 6.42 Å². The molecule has 0 saturated heterocycles. The summed E-state index contributed by atoms with van der Waals surface area (Å²) in [7, 11) is 0. The lowest BCUT2D eigenvalue weighted by Crippen LogP contribution is -2.11. The smallest absolute Gasteiger partial charge is 0.206 e. The van der Waals surface area contributed by atoms with E-state index in [4.69, 9.17) is 0 Å². The van der Waals surface area contributed by atoms with Crippen molar-refractivity contribution in [2.75, 3.05) is 0 Å². The summed E-state index contributed by atoms with van der Waals surface area (Å²) in [5.74, 6) is -7.19. The first-order valence-electron chi connectivity index (χ1n) is 4.11. The minimum absolute atomic E-state index is 0.0180. The van der Waals surface area contributed by atoms with Gasteiger partial charge in [-0.3, -0.25) is 0 Å². The maximum atomic E-state index is 12.9. The molecule has 0 bridgehead atoms. The maximum absolute atomic E-state index is 12.9.